The van der Waals surface area contributed by atoms with Crippen LogP contribution >= 0.6 is 23.4 Å². The summed E-state index contributed by atoms with van der Waals surface area (Å²) >= 11 is 8.17. The lowest BCUT2D eigenvalue weighted by molar-refractivity contribution is -0.137. The van der Waals surface area contributed by atoms with Crippen LogP contribution in [0.5, 0.6) is 11.5 Å². The predicted molar refractivity (Wildman–Crippen MR) is 125 cm³/mol. The summed E-state index contributed by atoms with van der Waals surface area (Å²) in [6, 6.07) is 20.0. The molecule has 0 saturated carbocycles. The normalized spacial score (nSPS) is 17.3. The Balaban J connectivity index is 1.94. The molecule has 0 spiro atoms. The number of methoxy groups -OCH3 is 2. The van der Waals surface area contributed by atoms with Gasteiger partial charge >= 0.3 is 5.97 Å². The van der Waals surface area contributed by atoms with Crippen molar-refractivity contribution in [2.24, 2.45) is 0 Å². The molecule has 160 valence electrons. The number of halogens is 1. The first kappa shape index (κ1) is 21.6. The Morgan fingerprint density at radius 2 is 1.71 bits per heavy atom. The number of carboxylic acid groups (broad SMARTS) is 1. The van der Waals surface area contributed by atoms with Gasteiger partial charge in [-0.1, -0.05) is 54.1 Å². The first-order valence-corrected chi connectivity index (χ1v) is 11.3. The van der Waals surface area contributed by atoms with Crippen LogP contribution in [0, 0.1) is 0 Å². The van der Waals surface area contributed by atoms with E-state index in [1.54, 1.807) is 26.0 Å². The first-order chi connectivity index (χ1) is 15.0. The van der Waals surface area contributed by atoms with Crippen LogP contribution in [0.2, 0.25) is 5.02 Å². The largest absolute Gasteiger partial charge is 0.493 e. The summed E-state index contributed by atoms with van der Waals surface area (Å²) < 4.78 is 11.3. The standard InChI is InChI=1S/C25H23ClO4S/c1-29-21-9-5-8-19(24(21)30-2)25-20-14-15(26)10-11-17(20)16-6-3-4-7-18(16)22(31-25)12-13-23(27)28/h3-11,14,22,25H,12-13H2,1-2H3,(H,27,28)/t22-,25-/m0/s1. The molecule has 1 heterocycles. The van der Waals surface area contributed by atoms with Crippen molar-refractivity contribution < 1.29 is 19.4 Å². The Morgan fingerprint density at radius 1 is 0.968 bits per heavy atom. The van der Waals surface area contributed by atoms with Gasteiger partial charge in [0.15, 0.2) is 11.5 Å². The lowest BCUT2D eigenvalue weighted by atomic mass is 9.90. The van der Waals surface area contributed by atoms with Crippen LogP contribution in [0.4, 0.5) is 0 Å². The van der Waals surface area contributed by atoms with E-state index in [0.717, 1.165) is 27.8 Å². The molecule has 31 heavy (non-hydrogen) atoms. The number of carbonyl (C=O) groups is 1. The maximum atomic E-state index is 11.4. The van der Waals surface area contributed by atoms with Crippen LogP contribution in [0.3, 0.4) is 0 Å². The predicted octanol–water partition coefficient (Wildman–Crippen LogP) is 6.77. The molecule has 0 fully saturated rings. The number of para-hydroxylation sites is 1. The Bertz CT molecular complexity index is 1110. The molecule has 1 aliphatic rings. The zero-order valence-electron chi connectivity index (χ0n) is 17.3. The monoisotopic (exact) mass is 454 g/mol. The van der Waals surface area contributed by atoms with Crippen molar-refractivity contribution in [1.82, 2.24) is 0 Å². The van der Waals surface area contributed by atoms with Crippen molar-refractivity contribution in [2.45, 2.75) is 23.3 Å². The zero-order chi connectivity index (χ0) is 22.0. The molecule has 0 unspecified atom stereocenters. The number of thioether (sulfide) groups is 1. The Kier molecular flexibility index (Phi) is 6.44. The Hall–Kier alpha value is -2.63. The van der Waals surface area contributed by atoms with E-state index in [2.05, 4.69) is 18.2 Å². The highest BCUT2D eigenvalue weighted by atomic mass is 35.5. The fourth-order valence-corrected chi connectivity index (χ4v) is 5.96. The summed E-state index contributed by atoms with van der Waals surface area (Å²) in [7, 11) is 3.26. The maximum absolute atomic E-state index is 11.4. The van der Waals surface area contributed by atoms with Gasteiger partial charge in [-0.25, -0.2) is 0 Å². The second-order valence-corrected chi connectivity index (χ2v) is 9.09. The minimum atomic E-state index is -0.793. The molecule has 4 rings (SSSR count). The maximum Gasteiger partial charge on any atom is 0.303 e. The van der Waals surface area contributed by atoms with E-state index in [4.69, 9.17) is 21.1 Å². The highest BCUT2D eigenvalue weighted by molar-refractivity contribution is 8.00. The van der Waals surface area contributed by atoms with Gasteiger partial charge in [0.05, 0.1) is 19.5 Å². The summed E-state index contributed by atoms with van der Waals surface area (Å²) in [6.45, 7) is 0. The topological polar surface area (TPSA) is 55.8 Å². The second-order valence-electron chi connectivity index (χ2n) is 7.34. The number of aliphatic carboxylic acids is 1. The summed E-state index contributed by atoms with van der Waals surface area (Å²) in [5, 5.41) is 9.90. The Labute approximate surface area is 191 Å². The quantitative estimate of drug-likeness (QED) is 0.445. The van der Waals surface area contributed by atoms with E-state index in [9.17, 15) is 9.90 Å². The van der Waals surface area contributed by atoms with Gasteiger partial charge in [0, 0.05) is 22.3 Å². The number of hydrogen-bond donors (Lipinski definition) is 1. The van der Waals surface area contributed by atoms with Gasteiger partial charge in [0.25, 0.3) is 0 Å². The zero-order valence-corrected chi connectivity index (χ0v) is 18.9. The summed E-state index contributed by atoms with van der Waals surface area (Å²) in [4.78, 5) is 11.4. The van der Waals surface area contributed by atoms with Crippen LogP contribution in [-0.2, 0) is 4.79 Å². The smallest absolute Gasteiger partial charge is 0.303 e. The van der Waals surface area contributed by atoms with Gasteiger partial charge in [-0.15, -0.1) is 11.8 Å². The highest BCUT2D eigenvalue weighted by Crippen LogP contribution is 2.56. The molecule has 2 atom stereocenters. The molecular weight excluding hydrogens is 432 g/mol. The van der Waals surface area contributed by atoms with Gasteiger partial charge in [-0.05, 0) is 46.9 Å². The molecule has 3 aromatic carbocycles. The molecule has 0 aliphatic carbocycles. The molecule has 6 heteroatoms. The van der Waals surface area contributed by atoms with Crippen molar-refractivity contribution >= 4 is 29.3 Å². The van der Waals surface area contributed by atoms with Gasteiger partial charge in [-0.3, -0.25) is 4.79 Å². The highest BCUT2D eigenvalue weighted by Gasteiger charge is 2.32. The number of hydrogen-bond acceptors (Lipinski definition) is 4. The molecule has 0 radical (unpaired) electrons. The summed E-state index contributed by atoms with van der Waals surface area (Å²) in [6.07, 6.45) is 0.632. The number of benzene rings is 3. The number of ether oxygens (including phenoxy) is 2. The number of fused-ring (bicyclic) bond motifs is 3. The van der Waals surface area contributed by atoms with E-state index in [0.29, 0.717) is 22.9 Å². The number of carboxylic acids is 1. The van der Waals surface area contributed by atoms with Crippen molar-refractivity contribution in [3.05, 3.63) is 82.4 Å². The van der Waals surface area contributed by atoms with E-state index in [-0.39, 0.29) is 16.9 Å². The molecule has 1 N–H and O–H groups in total. The fraction of sp³-hybridized carbons (Fsp3) is 0.240. The summed E-state index contributed by atoms with van der Waals surface area (Å²) in [5.74, 6) is 0.544. The molecule has 0 saturated heterocycles. The van der Waals surface area contributed by atoms with Crippen LogP contribution in [-0.4, -0.2) is 25.3 Å². The van der Waals surface area contributed by atoms with E-state index < -0.39 is 5.97 Å². The average molecular weight is 455 g/mol. The minimum absolute atomic E-state index is 0.000572. The van der Waals surface area contributed by atoms with E-state index in [1.165, 1.54) is 0 Å². The fourth-order valence-electron chi connectivity index (χ4n) is 4.17. The molecular formula is C25H23ClO4S. The van der Waals surface area contributed by atoms with Crippen molar-refractivity contribution in [3.63, 3.8) is 0 Å². The van der Waals surface area contributed by atoms with Crippen molar-refractivity contribution in [3.8, 4) is 22.6 Å². The van der Waals surface area contributed by atoms with E-state index in [1.807, 2.05) is 42.5 Å². The Morgan fingerprint density at radius 3 is 2.45 bits per heavy atom. The molecule has 4 nitrogen and oxygen atoms in total. The second kappa shape index (κ2) is 9.25. The lowest BCUT2D eigenvalue weighted by Gasteiger charge is -2.24. The average Bonchev–Trinajstić information content (AvgIpc) is 2.91. The number of rotatable bonds is 6. The van der Waals surface area contributed by atoms with E-state index >= 15 is 0 Å². The van der Waals surface area contributed by atoms with Gasteiger partial charge in [0.2, 0.25) is 0 Å². The van der Waals surface area contributed by atoms with Crippen LogP contribution in [0.25, 0.3) is 11.1 Å². The third-order valence-corrected chi connectivity index (χ3v) is 7.36. The van der Waals surface area contributed by atoms with Crippen molar-refractivity contribution in [1.29, 1.82) is 0 Å². The van der Waals surface area contributed by atoms with Crippen LogP contribution < -0.4 is 9.47 Å². The molecule has 0 amide bonds. The van der Waals surface area contributed by atoms with Crippen LogP contribution in [0.15, 0.2) is 60.7 Å². The third-order valence-electron chi connectivity index (χ3n) is 5.53. The van der Waals surface area contributed by atoms with Crippen molar-refractivity contribution in [2.75, 3.05) is 14.2 Å². The molecule has 3 aromatic rings. The minimum Gasteiger partial charge on any atom is -0.493 e. The summed E-state index contributed by atoms with van der Waals surface area (Å²) in [5.41, 5.74) is 5.40. The SMILES string of the molecule is COc1cccc([C@@H]2S[C@@H](CCC(=O)O)c3ccccc3-c3ccc(Cl)cc32)c1OC. The molecule has 0 bridgehead atoms. The molecule has 1 aliphatic heterocycles. The van der Waals surface area contributed by atoms with Gasteiger partial charge in [-0.2, -0.15) is 0 Å². The first-order valence-electron chi connectivity index (χ1n) is 10.0. The lowest BCUT2D eigenvalue weighted by Crippen LogP contribution is -2.05. The third kappa shape index (κ3) is 4.25. The van der Waals surface area contributed by atoms with Gasteiger partial charge < -0.3 is 14.6 Å². The molecule has 0 aromatic heterocycles. The van der Waals surface area contributed by atoms with Gasteiger partial charge in [0.1, 0.15) is 0 Å². The van der Waals surface area contributed by atoms with Crippen LogP contribution in [0.1, 0.15) is 40.0 Å².